The molecule has 1 fully saturated rings. The van der Waals surface area contributed by atoms with Crippen LogP contribution in [0.15, 0.2) is 18.2 Å². The second-order valence-corrected chi connectivity index (χ2v) is 5.65. The predicted molar refractivity (Wildman–Crippen MR) is 72.7 cm³/mol. The number of benzene rings is 1. The van der Waals surface area contributed by atoms with Crippen molar-refractivity contribution in [3.63, 3.8) is 0 Å². The molecule has 1 N–H and O–H groups in total. The van der Waals surface area contributed by atoms with Crippen molar-refractivity contribution in [2.75, 3.05) is 27.3 Å². The molecule has 0 atom stereocenters. The highest BCUT2D eigenvalue weighted by molar-refractivity contribution is 5.29. The average molecular weight is 267 g/mol. The predicted octanol–water partition coefficient (Wildman–Crippen LogP) is 2.43. The standard InChI is InChI=1S/C15H22FNO2/c1-17(10-15(11-18)6-3-7-15)9-12-4-5-14(19-2)13(16)8-12/h4-5,8,18H,3,6-7,9-11H2,1-2H3. The van der Waals surface area contributed by atoms with Crippen LogP contribution in [0.3, 0.4) is 0 Å². The maximum atomic E-state index is 13.6. The number of ether oxygens (including phenoxy) is 1. The van der Waals surface area contributed by atoms with E-state index in [1.54, 1.807) is 6.07 Å². The molecule has 0 aromatic heterocycles. The average Bonchev–Trinajstić information content (AvgIpc) is 2.34. The molecule has 3 nitrogen and oxygen atoms in total. The summed E-state index contributed by atoms with van der Waals surface area (Å²) < 4.78 is 18.5. The molecule has 0 spiro atoms. The van der Waals surface area contributed by atoms with Gasteiger partial charge in [0.2, 0.25) is 0 Å². The minimum Gasteiger partial charge on any atom is -0.494 e. The van der Waals surface area contributed by atoms with Crippen LogP contribution in [0, 0.1) is 11.2 Å². The fraction of sp³-hybridized carbons (Fsp3) is 0.600. The molecule has 0 aliphatic heterocycles. The van der Waals surface area contributed by atoms with Crippen molar-refractivity contribution in [1.82, 2.24) is 4.90 Å². The molecule has 1 aliphatic rings. The summed E-state index contributed by atoms with van der Waals surface area (Å²) in [5.41, 5.74) is 0.993. The van der Waals surface area contributed by atoms with E-state index in [0.717, 1.165) is 24.9 Å². The zero-order valence-electron chi connectivity index (χ0n) is 11.7. The lowest BCUT2D eigenvalue weighted by Gasteiger charge is -2.43. The first-order chi connectivity index (χ1) is 9.08. The van der Waals surface area contributed by atoms with Crippen molar-refractivity contribution in [1.29, 1.82) is 0 Å². The highest BCUT2D eigenvalue weighted by Crippen LogP contribution is 2.41. The molecule has 1 aliphatic carbocycles. The first kappa shape index (κ1) is 14.3. The molecule has 1 aromatic carbocycles. The van der Waals surface area contributed by atoms with Crippen molar-refractivity contribution >= 4 is 0 Å². The number of hydrogen-bond donors (Lipinski definition) is 1. The maximum Gasteiger partial charge on any atom is 0.165 e. The molecule has 0 heterocycles. The Balaban J connectivity index is 1.95. The Bertz CT molecular complexity index is 427. The first-order valence-corrected chi connectivity index (χ1v) is 6.70. The topological polar surface area (TPSA) is 32.7 Å². The summed E-state index contributed by atoms with van der Waals surface area (Å²) in [5.74, 6) is -0.0499. The zero-order valence-corrected chi connectivity index (χ0v) is 11.7. The van der Waals surface area contributed by atoms with Gasteiger partial charge in [0.25, 0.3) is 0 Å². The second kappa shape index (κ2) is 5.88. The van der Waals surface area contributed by atoms with Gasteiger partial charge in [-0.05, 0) is 37.6 Å². The van der Waals surface area contributed by atoms with E-state index in [1.807, 2.05) is 13.1 Å². The quantitative estimate of drug-likeness (QED) is 0.859. The van der Waals surface area contributed by atoms with E-state index < -0.39 is 0 Å². The summed E-state index contributed by atoms with van der Waals surface area (Å²) >= 11 is 0. The van der Waals surface area contributed by atoms with Gasteiger partial charge in [0.1, 0.15) is 0 Å². The molecule has 4 heteroatoms. The lowest BCUT2D eigenvalue weighted by atomic mass is 9.69. The third-order valence-electron chi connectivity index (χ3n) is 4.02. The number of methoxy groups -OCH3 is 1. The minimum absolute atomic E-state index is 0.0692. The van der Waals surface area contributed by atoms with Crippen LogP contribution in [0.5, 0.6) is 5.75 Å². The summed E-state index contributed by atoms with van der Waals surface area (Å²) in [7, 11) is 3.48. The molecular formula is C15H22FNO2. The van der Waals surface area contributed by atoms with Crippen LogP contribution in [-0.2, 0) is 6.54 Å². The molecule has 0 unspecified atom stereocenters. The molecule has 0 amide bonds. The Kier molecular flexibility index (Phi) is 4.42. The van der Waals surface area contributed by atoms with Gasteiger partial charge in [-0.25, -0.2) is 4.39 Å². The largest absolute Gasteiger partial charge is 0.494 e. The van der Waals surface area contributed by atoms with Crippen LogP contribution in [0.2, 0.25) is 0 Å². The summed E-state index contributed by atoms with van der Waals surface area (Å²) in [6.45, 7) is 1.79. The van der Waals surface area contributed by atoms with Crippen molar-refractivity contribution in [2.45, 2.75) is 25.8 Å². The molecule has 1 saturated carbocycles. The van der Waals surface area contributed by atoms with Crippen molar-refractivity contribution < 1.29 is 14.2 Å². The maximum absolute atomic E-state index is 13.6. The third kappa shape index (κ3) is 3.25. The summed E-state index contributed by atoms with van der Waals surface area (Å²) in [6.07, 6.45) is 3.38. The van der Waals surface area contributed by atoms with Gasteiger partial charge in [0.05, 0.1) is 7.11 Å². The van der Waals surface area contributed by atoms with Gasteiger partial charge >= 0.3 is 0 Å². The van der Waals surface area contributed by atoms with E-state index in [1.165, 1.54) is 19.6 Å². The van der Waals surface area contributed by atoms with Gasteiger partial charge in [0, 0.05) is 25.1 Å². The van der Waals surface area contributed by atoms with Crippen LogP contribution in [0.1, 0.15) is 24.8 Å². The first-order valence-electron chi connectivity index (χ1n) is 6.70. The van der Waals surface area contributed by atoms with Gasteiger partial charge in [-0.3, -0.25) is 0 Å². The van der Waals surface area contributed by atoms with E-state index in [0.29, 0.717) is 6.54 Å². The van der Waals surface area contributed by atoms with Crippen LogP contribution in [0.25, 0.3) is 0 Å². The molecular weight excluding hydrogens is 245 g/mol. The Labute approximate surface area is 114 Å². The SMILES string of the molecule is COc1ccc(CN(C)CC2(CO)CCC2)cc1F. The molecule has 2 rings (SSSR count). The Morgan fingerprint density at radius 2 is 2.16 bits per heavy atom. The van der Waals surface area contributed by atoms with Crippen LogP contribution >= 0.6 is 0 Å². The minimum atomic E-state index is -0.325. The van der Waals surface area contributed by atoms with Crippen molar-refractivity contribution in [3.8, 4) is 5.75 Å². The molecule has 0 radical (unpaired) electrons. The lowest BCUT2D eigenvalue weighted by molar-refractivity contribution is 0.0127. The number of aliphatic hydroxyl groups excluding tert-OH is 1. The Hall–Kier alpha value is -1.13. The Morgan fingerprint density at radius 3 is 2.63 bits per heavy atom. The highest BCUT2D eigenvalue weighted by atomic mass is 19.1. The highest BCUT2D eigenvalue weighted by Gasteiger charge is 2.37. The van der Waals surface area contributed by atoms with Crippen LogP contribution < -0.4 is 4.74 Å². The molecule has 0 bridgehead atoms. The number of nitrogens with zero attached hydrogens (tertiary/aromatic N) is 1. The van der Waals surface area contributed by atoms with Gasteiger partial charge in [-0.1, -0.05) is 12.5 Å². The van der Waals surface area contributed by atoms with Gasteiger partial charge < -0.3 is 14.7 Å². The van der Waals surface area contributed by atoms with Crippen molar-refractivity contribution in [3.05, 3.63) is 29.6 Å². The zero-order chi connectivity index (χ0) is 13.9. The second-order valence-electron chi connectivity index (χ2n) is 5.65. The van der Waals surface area contributed by atoms with E-state index in [4.69, 9.17) is 4.74 Å². The summed E-state index contributed by atoms with van der Waals surface area (Å²) in [4.78, 5) is 2.15. The van der Waals surface area contributed by atoms with Gasteiger partial charge in [0.15, 0.2) is 11.6 Å². The van der Waals surface area contributed by atoms with E-state index in [9.17, 15) is 9.50 Å². The Morgan fingerprint density at radius 1 is 1.42 bits per heavy atom. The van der Waals surface area contributed by atoms with Crippen molar-refractivity contribution in [2.24, 2.45) is 5.41 Å². The van der Waals surface area contributed by atoms with Gasteiger partial charge in [-0.15, -0.1) is 0 Å². The summed E-state index contributed by atoms with van der Waals surface area (Å²) in [6, 6.07) is 5.05. The molecule has 0 saturated heterocycles. The normalized spacial score (nSPS) is 17.3. The number of hydrogen-bond acceptors (Lipinski definition) is 3. The van der Waals surface area contributed by atoms with E-state index >= 15 is 0 Å². The van der Waals surface area contributed by atoms with E-state index in [-0.39, 0.29) is 23.6 Å². The lowest BCUT2D eigenvalue weighted by Crippen LogP contribution is -2.43. The van der Waals surface area contributed by atoms with E-state index in [2.05, 4.69) is 4.90 Å². The summed E-state index contributed by atoms with van der Waals surface area (Å²) in [5, 5.41) is 9.46. The third-order valence-corrected chi connectivity index (χ3v) is 4.02. The molecule has 1 aromatic rings. The molecule has 106 valence electrons. The molecule has 19 heavy (non-hydrogen) atoms. The number of rotatable bonds is 6. The van der Waals surface area contributed by atoms with Gasteiger partial charge in [-0.2, -0.15) is 0 Å². The smallest absolute Gasteiger partial charge is 0.165 e. The van der Waals surface area contributed by atoms with Crippen LogP contribution in [0.4, 0.5) is 4.39 Å². The number of aliphatic hydroxyl groups is 1. The monoisotopic (exact) mass is 267 g/mol. The fourth-order valence-corrected chi connectivity index (χ4v) is 2.79. The fourth-order valence-electron chi connectivity index (χ4n) is 2.79. The number of halogens is 1. The van der Waals surface area contributed by atoms with Crippen LogP contribution in [-0.4, -0.2) is 37.3 Å².